The maximum atomic E-state index is 4.27. The van der Waals surface area contributed by atoms with E-state index in [0.717, 1.165) is 12.2 Å². The maximum absolute atomic E-state index is 4.27. The van der Waals surface area contributed by atoms with Crippen molar-refractivity contribution in [1.82, 2.24) is 10.3 Å². The number of nitrogens with zero attached hydrogens (tertiary/aromatic N) is 1. The fourth-order valence-electron chi connectivity index (χ4n) is 1.07. The zero-order valence-electron chi connectivity index (χ0n) is 9.54. The standard InChI is InChI=1S/C12H20N2/c1-10(12(2,3)4)14-9-11-7-5-6-8-13-11/h5-8,10,14H,9H2,1-4H3. The molecule has 0 fully saturated rings. The van der Waals surface area contributed by atoms with Crippen LogP contribution in [0, 0.1) is 5.41 Å². The Balaban J connectivity index is 2.42. The van der Waals surface area contributed by atoms with Gasteiger partial charge in [-0.15, -0.1) is 0 Å². The van der Waals surface area contributed by atoms with Gasteiger partial charge in [0.25, 0.3) is 0 Å². The molecule has 1 N–H and O–H groups in total. The molecule has 0 aliphatic carbocycles. The van der Waals surface area contributed by atoms with Crippen LogP contribution in [0.3, 0.4) is 0 Å². The summed E-state index contributed by atoms with van der Waals surface area (Å²) in [6.45, 7) is 9.78. The Morgan fingerprint density at radius 1 is 1.36 bits per heavy atom. The van der Waals surface area contributed by atoms with Crippen molar-refractivity contribution in [3.63, 3.8) is 0 Å². The van der Waals surface area contributed by atoms with Crippen LogP contribution in [-0.4, -0.2) is 11.0 Å². The summed E-state index contributed by atoms with van der Waals surface area (Å²) in [5.74, 6) is 0. The Bertz CT molecular complexity index is 261. The second-order valence-corrected chi connectivity index (χ2v) is 4.79. The van der Waals surface area contributed by atoms with Crippen LogP contribution in [0.2, 0.25) is 0 Å². The summed E-state index contributed by atoms with van der Waals surface area (Å²) in [7, 11) is 0. The highest BCUT2D eigenvalue weighted by molar-refractivity contribution is 5.03. The second kappa shape index (κ2) is 4.56. The first-order chi connectivity index (χ1) is 6.50. The van der Waals surface area contributed by atoms with Crippen LogP contribution in [-0.2, 0) is 6.54 Å². The summed E-state index contributed by atoms with van der Waals surface area (Å²) in [5.41, 5.74) is 1.40. The molecule has 0 aromatic carbocycles. The van der Waals surface area contributed by atoms with Crippen LogP contribution >= 0.6 is 0 Å². The van der Waals surface area contributed by atoms with Crippen molar-refractivity contribution in [2.45, 2.75) is 40.3 Å². The lowest BCUT2D eigenvalue weighted by molar-refractivity contribution is 0.284. The molecule has 0 radical (unpaired) electrons. The van der Waals surface area contributed by atoms with E-state index in [0.29, 0.717) is 11.5 Å². The molecule has 1 aromatic heterocycles. The molecule has 0 aliphatic rings. The average molecular weight is 192 g/mol. The third kappa shape index (κ3) is 3.46. The van der Waals surface area contributed by atoms with Crippen molar-refractivity contribution in [1.29, 1.82) is 0 Å². The molecule has 2 nitrogen and oxygen atoms in total. The van der Waals surface area contributed by atoms with Gasteiger partial charge in [0.1, 0.15) is 0 Å². The van der Waals surface area contributed by atoms with Crippen LogP contribution in [0.15, 0.2) is 24.4 Å². The van der Waals surface area contributed by atoms with Gasteiger partial charge in [-0.2, -0.15) is 0 Å². The highest BCUT2D eigenvalue weighted by atomic mass is 14.9. The van der Waals surface area contributed by atoms with Gasteiger partial charge in [-0.3, -0.25) is 4.98 Å². The number of pyridine rings is 1. The molecule has 1 aromatic rings. The van der Waals surface area contributed by atoms with Crippen LogP contribution in [0.1, 0.15) is 33.4 Å². The third-order valence-corrected chi connectivity index (χ3v) is 2.61. The molecule has 78 valence electrons. The number of rotatable bonds is 3. The molecule has 14 heavy (non-hydrogen) atoms. The highest BCUT2D eigenvalue weighted by Gasteiger charge is 2.18. The quantitative estimate of drug-likeness (QED) is 0.796. The minimum Gasteiger partial charge on any atom is -0.308 e. The first-order valence-corrected chi connectivity index (χ1v) is 5.13. The summed E-state index contributed by atoms with van der Waals surface area (Å²) < 4.78 is 0. The van der Waals surface area contributed by atoms with Gasteiger partial charge >= 0.3 is 0 Å². The Hall–Kier alpha value is -0.890. The molecule has 2 heteroatoms. The van der Waals surface area contributed by atoms with Crippen molar-refractivity contribution < 1.29 is 0 Å². The molecule has 1 unspecified atom stereocenters. The van der Waals surface area contributed by atoms with Gasteiger partial charge in [-0.05, 0) is 24.5 Å². The molecule has 0 saturated heterocycles. The predicted molar refractivity (Wildman–Crippen MR) is 60.0 cm³/mol. The number of nitrogens with one attached hydrogen (secondary N) is 1. The number of aromatic nitrogens is 1. The van der Waals surface area contributed by atoms with Crippen molar-refractivity contribution >= 4 is 0 Å². The van der Waals surface area contributed by atoms with E-state index in [1.54, 1.807) is 0 Å². The SMILES string of the molecule is CC(NCc1ccccn1)C(C)(C)C. The fraction of sp³-hybridized carbons (Fsp3) is 0.583. The molecule has 1 rings (SSSR count). The van der Waals surface area contributed by atoms with Gasteiger partial charge < -0.3 is 5.32 Å². The summed E-state index contributed by atoms with van der Waals surface area (Å²) in [6.07, 6.45) is 1.83. The van der Waals surface area contributed by atoms with Crippen molar-refractivity contribution in [3.05, 3.63) is 30.1 Å². The largest absolute Gasteiger partial charge is 0.308 e. The zero-order chi connectivity index (χ0) is 10.6. The summed E-state index contributed by atoms with van der Waals surface area (Å²) in [4.78, 5) is 4.27. The van der Waals surface area contributed by atoms with E-state index in [1.807, 2.05) is 24.4 Å². The van der Waals surface area contributed by atoms with Gasteiger partial charge in [0.15, 0.2) is 0 Å². The topological polar surface area (TPSA) is 24.9 Å². The first-order valence-electron chi connectivity index (χ1n) is 5.13. The van der Waals surface area contributed by atoms with Crippen LogP contribution < -0.4 is 5.32 Å². The van der Waals surface area contributed by atoms with Gasteiger partial charge in [0, 0.05) is 18.8 Å². The molecular formula is C12H20N2. The second-order valence-electron chi connectivity index (χ2n) is 4.79. The lowest BCUT2D eigenvalue weighted by atomic mass is 9.88. The number of hydrogen-bond donors (Lipinski definition) is 1. The predicted octanol–water partition coefficient (Wildman–Crippen LogP) is 2.61. The van der Waals surface area contributed by atoms with E-state index in [1.165, 1.54) is 0 Å². The van der Waals surface area contributed by atoms with Crippen molar-refractivity contribution in [3.8, 4) is 0 Å². The smallest absolute Gasteiger partial charge is 0.0541 e. The highest BCUT2D eigenvalue weighted by Crippen LogP contribution is 2.18. The van der Waals surface area contributed by atoms with Gasteiger partial charge in [-0.25, -0.2) is 0 Å². The molecule has 0 aliphatic heterocycles. The maximum Gasteiger partial charge on any atom is 0.0541 e. The zero-order valence-corrected chi connectivity index (χ0v) is 9.54. The van der Waals surface area contributed by atoms with E-state index < -0.39 is 0 Å². The minimum absolute atomic E-state index is 0.300. The molecule has 0 bridgehead atoms. The molecule has 0 amide bonds. The van der Waals surface area contributed by atoms with E-state index in [9.17, 15) is 0 Å². The van der Waals surface area contributed by atoms with Crippen molar-refractivity contribution in [2.24, 2.45) is 5.41 Å². The lowest BCUT2D eigenvalue weighted by Gasteiger charge is -2.28. The Labute approximate surface area is 86.8 Å². The molecule has 0 spiro atoms. The van der Waals surface area contributed by atoms with Gasteiger partial charge in [-0.1, -0.05) is 26.8 Å². The van der Waals surface area contributed by atoms with E-state index in [2.05, 4.69) is 38.0 Å². The average Bonchev–Trinajstić information content (AvgIpc) is 2.14. The minimum atomic E-state index is 0.300. The third-order valence-electron chi connectivity index (χ3n) is 2.61. The summed E-state index contributed by atoms with van der Waals surface area (Å²) in [6, 6.07) is 6.50. The Kier molecular flexibility index (Phi) is 3.64. The summed E-state index contributed by atoms with van der Waals surface area (Å²) in [5, 5.41) is 3.48. The molecule has 1 atom stereocenters. The number of hydrogen-bond acceptors (Lipinski definition) is 2. The Morgan fingerprint density at radius 3 is 2.57 bits per heavy atom. The molecule has 1 heterocycles. The van der Waals surface area contributed by atoms with Crippen molar-refractivity contribution in [2.75, 3.05) is 0 Å². The lowest BCUT2D eigenvalue weighted by Crippen LogP contribution is -2.37. The van der Waals surface area contributed by atoms with E-state index >= 15 is 0 Å². The molecule has 0 saturated carbocycles. The van der Waals surface area contributed by atoms with Gasteiger partial charge in [0.2, 0.25) is 0 Å². The van der Waals surface area contributed by atoms with E-state index in [4.69, 9.17) is 0 Å². The Morgan fingerprint density at radius 2 is 2.07 bits per heavy atom. The monoisotopic (exact) mass is 192 g/mol. The van der Waals surface area contributed by atoms with Crippen LogP contribution in [0.25, 0.3) is 0 Å². The van der Waals surface area contributed by atoms with Crippen LogP contribution in [0.4, 0.5) is 0 Å². The first kappa shape index (κ1) is 11.2. The van der Waals surface area contributed by atoms with Gasteiger partial charge in [0.05, 0.1) is 5.69 Å². The van der Waals surface area contributed by atoms with E-state index in [-0.39, 0.29) is 0 Å². The van der Waals surface area contributed by atoms with Crippen LogP contribution in [0.5, 0.6) is 0 Å². The normalized spacial score (nSPS) is 14.0. The molecular weight excluding hydrogens is 172 g/mol. The summed E-state index contributed by atoms with van der Waals surface area (Å²) >= 11 is 0. The fourth-order valence-corrected chi connectivity index (χ4v) is 1.07.